The molecular weight excluding hydrogens is 166 g/mol. The number of hydroxylamine groups is 1. The molecule has 1 aromatic rings. The molecule has 3 nitrogen and oxygen atoms in total. The Morgan fingerprint density at radius 3 is 2.23 bits per heavy atom. The normalized spacial score (nSPS) is 12.5. The second kappa shape index (κ2) is 4.84. The van der Waals surface area contributed by atoms with Gasteiger partial charge in [-0.15, -0.1) is 0 Å². The Hall–Kier alpha value is -1.06. The first-order valence-electron chi connectivity index (χ1n) is 4.20. The third kappa shape index (κ3) is 2.72. The summed E-state index contributed by atoms with van der Waals surface area (Å²) < 4.78 is 5.06. The van der Waals surface area contributed by atoms with E-state index in [-0.39, 0.29) is 6.04 Å². The van der Waals surface area contributed by atoms with E-state index in [4.69, 9.17) is 9.57 Å². The van der Waals surface area contributed by atoms with Crippen LogP contribution in [0.2, 0.25) is 0 Å². The highest BCUT2D eigenvalue weighted by Gasteiger charge is 2.03. The average Bonchev–Trinajstić information content (AvgIpc) is 2.18. The molecule has 0 saturated carbocycles. The lowest BCUT2D eigenvalue weighted by Gasteiger charge is -2.12. The molecule has 0 bridgehead atoms. The third-order valence-corrected chi connectivity index (χ3v) is 1.91. The van der Waals surface area contributed by atoms with Gasteiger partial charge in [-0.3, -0.25) is 0 Å². The van der Waals surface area contributed by atoms with Gasteiger partial charge in [-0.2, -0.15) is 5.48 Å². The monoisotopic (exact) mass is 181 g/mol. The van der Waals surface area contributed by atoms with Crippen LogP contribution in [0.4, 0.5) is 0 Å². The highest BCUT2D eigenvalue weighted by Crippen LogP contribution is 2.16. The second-order valence-corrected chi connectivity index (χ2v) is 2.82. The van der Waals surface area contributed by atoms with E-state index in [2.05, 4.69) is 5.48 Å². The topological polar surface area (TPSA) is 30.5 Å². The minimum Gasteiger partial charge on any atom is -0.497 e. The summed E-state index contributed by atoms with van der Waals surface area (Å²) >= 11 is 0. The number of rotatable bonds is 4. The summed E-state index contributed by atoms with van der Waals surface area (Å²) in [6.45, 7) is 2.03. The summed E-state index contributed by atoms with van der Waals surface area (Å²) in [6, 6.07) is 8.08. The van der Waals surface area contributed by atoms with Crippen LogP contribution in [0.25, 0.3) is 0 Å². The lowest BCUT2D eigenvalue weighted by Crippen LogP contribution is -2.16. The van der Waals surface area contributed by atoms with Gasteiger partial charge in [0.25, 0.3) is 0 Å². The Morgan fingerprint density at radius 2 is 1.77 bits per heavy atom. The molecule has 0 saturated heterocycles. The van der Waals surface area contributed by atoms with Crippen molar-refractivity contribution >= 4 is 0 Å². The largest absolute Gasteiger partial charge is 0.497 e. The molecule has 0 fully saturated rings. The predicted molar refractivity (Wildman–Crippen MR) is 51.6 cm³/mol. The van der Waals surface area contributed by atoms with E-state index in [1.54, 1.807) is 14.2 Å². The SMILES string of the molecule is CON[C@@H](C)c1ccc(OC)cc1. The summed E-state index contributed by atoms with van der Waals surface area (Å²) in [5, 5.41) is 0. The minimum absolute atomic E-state index is 0.191. The Morgan fingerprint density at radius 1 is 1.15 bits per heavy atom. The third-order valence-electron chi connectivity index (χ3n) is 1.91. The zero-order valence-corrected chi connectivity index (χ0v) is 8.20. The standard InChI is InChI=1S/C10H15NO2/c1-8(11-13-3)9-4-6-10(12-2)7-5-9/h4-8,11H,1-3H3/t8-/m0/s1. The van der Waals surface area contributed by atoms with Gasteiger partial charge in [0.1, 0.15) is 5.75 Å². The van der Waals surface area contributed by atoms with Gasteiger partial charge in [0.15, 0.2) is 0 Å². The van der Waals surface area contributed by atoms with Crippen LogP contribution >= 0.6 is 0 Å². The maximum absolute atomic E-state index is 5.06. The van der Waals surface area contributed by atoms with Crippen LogP contribution in [0.1, 0.15) is 18.5 Å². The Labute approximate surface area is 78.6 Å². The van der Waals surface area contributed by atoms with Crippen molar-refractivity contribution in [2.75, 3.05) is 14.2 Å². The van der Waals surface area contributed by atoms with E-state index in [9.17, 15) is 0 Å². The van der Waals surface area contributed by atoms with E-state index >= 15 is 0 Å². The molecule has 0 amide bonds. The van der Waals surface area contributed by atoms with Crippen LogP contribution in [-0.4, -0.2) is 14.2 Å². The Balaban J connectivity index is 2.67. The van der Waals surface area contributed by atoms with Crippen molar-refractivity contribution in [3.63, 3.8) is 0 Å². The molecule has 0 aliphatic heterocycles. The second-order valence-electron chi connectivity index (χ2n) is 2.82. The molecule has 0 spiro atoms. The molecule has 0 aliphatic carbocycles. The zero-order valence-electron chi connectivity index (χ0n) is 8.20. The smallest absolute Gasteiger partial charge is 0.118 e. The number of nitrogens with one attached hydrogen (secondary N) is 1. The van der Waals surface area contributed by atoms with Crippen molar-refractivity contribution in [3.8, 4) is 5.75 Å². The molecule has 0 aromatic heterocycles. The van der Waals surface area contributed by atoms with Gasteiger partial charge in [0.05, 0.1) is 20.3 Å². The lowest BCUT2D eigenvalue weighted by molar-refractivity contribution is 0.0658. The predicted octanol–water partition coefficient (Wildman–Crippen LogP) is 1.91. The molecule has 1 aromatic carbocycles. The van der Waals surface area contributed by atoms with Crippen molar-refractivity contribution in [1.29, 1.82) is 0 Å². The quantitative estimate of drug-likeness (QED) is 0.720. The summed E-state index contributed by atoms with van der Waals surface area (Å²) in [5.41, 5.74) is 4.03. The maximum Gasteiger partial charge on any atom is 0.118 e. The molecule has 1 rings (SSSR count). The molecular formula is C10H15NO2. The number of hydrogen-bond donors (Lipinski definition) is 1. The van der Waals surface area contributed by atoms with Gasteiger partial charge < -0.3 is 9.57 Å². The summed E-state index contributed by atoms with van der Waals surface area (Å²) in [7, 11) is 3.27. The van der Waals surface area contributed by atoms with Crippen LogP contribution < -0.4 is 10.2 Å². The first-order valence-corrected chi connectivity index (χ1v) is 4.20. The van der Waals surface area contributed by atoms with Gasteiger partial charge in [0.2, 0.25) is 0 Å². The first kappa shape index (κ1) is 10.0. The van der Waals surface area contributed by atoms with E-state index in [1.165, 1.54) is 5.56 Å². The summed E-state index contributed by atoms with van der Waals surface area (Å²) in [6.07, 6.45) is 0. The minimum atomic E-state index is 0.191. The number of hydrogen-bond acceptors (Lipinski definition) is 3. The highest BCUT2D eigenvalue weighted by molar-refractivity contribution is 5.28. The number of benzene rings is 1. The molecule has 13 heavy (non-hydrogen) atoms. The van der Waals surface area contributed by atoms with Crippen LogP contribution in [0.3, 0.4) is 0 Å². The Bertz CT molecular complexity index is 246. The molecule has 3 heteroatoms. The van der Waals surface area contributed by atoms with Gasteiger partial charge >= 0.3 is 0 Å². The fraction of sp³-hybridized carbons (Fsp3) is 0.400. The van der Waals surface area contributed by atoms with E-state index < -0.39 is 0 Å². The molecule has 1 atom stereocenters. The molecule has 0 heterocycles. The molecule has 0 aliphatic rings. The van der Waals surface area contributed by atoms with Crippen molar-refractivity contribution < 1.29 is 9.57 Å². The van der Waals surface area contributed by atoms with Crippen LogP contribution in [0, 0.1) is 0 Å². The van der Waals surface area contributed by atoms with Crippen LogP contribution in [0.15, 0.2) is 24.3 Å². The van der Waals surface area contributed by atoms with Crippen LogP contribution in [0.5, 0.6) is 5.75 Å². The van der Waals surface area contributed by atoms with Crippen molar-refractivity contribution in [3.05, 3.63) is 29.8 Å². The van der Waals surface area contributed by atoms with Gasteiger partial charge in [0, 0.05) is 0 Å². The fourth-order valence-electron chi connectivity index (χ4n) is 1.14. The summed E-state index contributed by atoms with van der Waals surface area (Å²) in [4.78, 5) is 4.83. The first-order chi connectivity index (χ1) is 6.27. The van der Waals surface area contributed by atoms with Gasteiger partial charge in [-0.05, 0) is 24.6 Å². The van der Waals surface area contributed by atoms with Gasteiger partial charge in [-0.1, -0.05) is 12.1 Å². The molecule has 72 valence electrons. The van der Waals surface area contributed by atoms with Gasteiger partial charge in [-0.25, -0.2) is 0 Å². The van der Waals surface area contributed by atoms with E-state index in [0.29, 0.717) is 0 Å². The van der Waals surface area contributed by atoms with E-state index in [0.717, 1.165) is 5.75 Å². The van der Waals surface area contributed by atoms with Crippen LogP contribution in [-0.2, 0) is 4.84 Å². The van der Waals surface area contributed by atoms with Crippen molar-refractivity contribution in [1.82, 2.24) is 5.48 Å². The Kier molecular flexibility index (Phi) is 3.73. The summed E-state index contributed by atoms with van der Waals surface area (Å²) in [5.74, 6) is 0.869. The average molecular weight is 181 g/mol. The molecule has 0 unspecified atom stereocenters. The molecule has 0 radical (unpaired) electrons. The highest BCUT2D eigenvalue weighted by atomic mass is 16.6. The molecule has 1 N–H and O–H groups in total. The van der Waals surface area contributed by atoms with E-state index in [1.807, 2.05) is 31.2 Å². The van der Waals surface area contributed by atoms with Crippen molar-refractivity contribution in [2.45, 2.75) is 13.0 Å². The fourth-order valence-corrected chi connectivity index (χ4v) is 1.14. The number of methoxy groups -OCH3 is 1. The zero-order chi connectivity index (χ0) is 9.68. The van der Waals surface area contributed by atoms with Crippen molar-refractivity contribution in [2.24, 2.45) is 0 Å². The lowest BCUT2D eigenvalue weighted by atomic mass is 10.1. The number of ether oxygens (including phenoxy) is 1. The maximum atomic E-state index is 5.06.